The van der Waals surface area contributed by atoms with E-state index in [1.54, 1.807) is 18.4 Å². The molecule has 0 bridgehead atoms. The fourth-order valence-electron chi connectivity index (χ4n) is 3.63. The second-order valence-corrected chi connectivity index (χ2v) is 7.84. The largest absolute Gasteiger partial charge is 0.495 e. The van der Waals surface area contributed by atoms with Crippen molar-refractivity contribution in [2.45, 2.75) is 25.8 Å². The molecular formula is C20H21ClN2OS. The Balaban J connectivity index is 1.56. The summed E-state index contributed by atoms with van der Waals surface area (Å²) >= 11 is 8.00. The molecule has 4 rings (SSSR count). The van der Waals surface area contributed by atoms with Gasteiger partial charge in [0, 0.05) is 19.1 Å². The van der Waals surface area contributed by atoms with E-state index in [1.807, 2.05) is 5.51 Å². The predicted octanol–water partition coefficient (Wildman–Crippen LogP) is 5.12. The highest BCUT2D eigenvalue weighted by Gasteiger charge is 2.21. The number of ether oxygens (including phenoxy) is 1. The van der Waals surface area contributed by atoms with Crippen molar-refractivity contribution in [1.29, 1.82) is 0 Å². The minimum absolute atomic E-state index is 0.373. The van der Waals surface area contributed by atoms with E-state index in [0.29, 0.717) is 11.1 Å². The molecule has 0 fully saturated rings. The maximum absolute atomic E-state index is 6.31. The number of hydrogen-bond acceptors (Lipinski definition) is 4. The molecule has 0 saturated carbocycles. The van der Waals surface area contributed by atoms with Crippen LogP contribution in [0.2, 0.25) is 5.02 Å². The summed E-state index contributed by atoms with van der Waals surface area (Å²) in [4.78, 5) is 7.01. The van der Waals surface area contributed by atoms with Crippen LogP contribution < -0.4 is 4.74 Å². The van der Waals surface area contributed by atoms with Gasteiger partial charge in [-0.2, -0.15) is 0 Å². The lowest BCUT2D eigenvalue weighted by Gasteiger charge is -2.28. The normalized spacial score (nSPS) is 16.4. The first kappa shape index (κ1) is 16.8. The molecule has 0 amide bonds. The van der Waals surface area contributed by atoms with E-state index in [1.165, 1.54) is 21.4 Å². The second kappa shape index (κ2) is 6.94. The van der Waals surface area contributed by atoms with E-state index >= 15 is 0 Å². The van der Waals surface area contributed by atoms with E-state index in [9.17, 15) is 0 Å². The van der Waals surface area contributed by atoms with E-state index in [4.69, 9.17) is 16.3 Å². The van der Waals surface area contributed by atoms with Gasteiger partial charge >= 0.3 is 0 Å². The molecule has 5 heteroatoms. The zero-order valence-electron chi connectivity index (χ0n) is 14.5. The van der Waals surface area contributed by atoms with Crippen molar-refractivity contribution < 1.29 is 4.74 Å². The maximum atomic E-state index is 6.31. The van der Waals surface area contributed by atoms with Gasteiger partial charge in [-0.25, -0.2) is 4.98 Å². The lowest BCUT2D eigenvalue weighted by atomic mass is 10.0. The molecule has 0 N–H and O–H groups in total. The molecule has 3 nitrogen and oxygen atoms in total. The molecule has 3 aromatic rings. The standard InChI is InChI=1S/C20H21ClN2OS/c1-13(14-3-4-20-18(10-14)22-12-25-20)23-7-5-15-9-17(21)19(24-2)11-16(15)6-8-23/h3-4,9-13H,5-8H2,1-2H3/t13-/m0/s1. The number of rotatable bonds is 3. The molecule has 0 aliphatic carbocycles. The van der Waals surface area contributed by atoms with Crippen LogP contribution in [0.4, 0.5) is 0 Å². The Bertz CT molecular complexity index is 908. The van der Waals surface area contributed by atoms with E-state index in [0.717, 1.165) is 37.2 Å². The van der Waals surface area contributed by atoms with Crippen LogP contribution in [0.3, 0.4) is 0 Å². The highest BCUT2D eigenvalue weighted by molar-refractivity contribution is 7.16. The number of benzene rings is 2. The van der Waals surface area contributed by atoms with Crippen molar-refractivity contribution in [1.82, 2.24) is 9.88 Å². The Morgan fingerprint density at radius 1 is 1.16 bits per heavy atom. The van der Waals surface area contributed by atoms with Crippen molar-refractivity contribution in [3.8, 4) is 5.75 Å². The third-order valence-electron chi connectivity index (χ3n) is 5.20. The summed E-state index contributed by atoms with van der Waals surface area (Å²) < 4.78 is 6.63. The molecule has 1 aliphatic rings. The van der Waals surface area contributed by atoms with Crippen LogP contribution in [0.1, 0.15) is 29.7 Å². The van der Waals surface area contributed by atoms with Crippen LogP contribution in [0, 0.1) is 0 Å². The van der Waals surface area contributed by atoms with Crippen LogP contribution in [-0.4, -0.2) is 30.1 Å². The molecule has 1 aromatic heterocycles. The lowest BCUT2D eigenvalue weighted by molar-refractivity contribution is 0.221. The summed E-state index contributed by atoms with van der Waals surface area (Å²) in [5, 5.41) is 0.705. The van der Waals surface area contributed by atoms with Crippen LogP contribution in [0.25, 0.3) is 10.2 Å². The van der Waals surface area contributed by atoms with Crippen LogP contribution in [0.15, 0.2) is 35.8 Å². The Labute approximate surface area is 157 Å². The number of halogens is 1. The van der Waals surface area contributed by atoms with Gasteiger partial charge in [0.25, 0.3) is 0 Å². The minimum atomic E-state index is 0.373. The van der Waals surface area contributed by atoms with Gasteiger partial charge in [-0.3, -0.25) is 4.90 Å². The summed E-state index contributed by atoms with van der Waals surface area (Å²) in [5.41, 5.74) is 7.05. The molecule has 1 aliphatic heterocycles. The highest BCUT2D eigenvalue weighted by Crippen LogP contribution is 2.32. The van der Waals surface area contributed by atoms with Gasteiger partial charge in [0.15, 0.2) is 0 Å². The summed E-state index contributed by atoms with van der Waals surface area (Å²) in [7, 11) is 1.67. The van der Waals surface area contributed by atoms with E-state index in [-0.39, 0.29) is 0 Å². The second-order valence-electron chi connectivity index (χ2n) is 6.55. The summed E-state index contributed by atoms with van der Waals surface area (Å²) in [6.07, 6.45) is 2.04. The molecule has 1 atom stereocenters. The monoisotopic (exact) mass is 372 g/mol. The van der Waals surface area contributed by atoms with Crippen molar-refractivity contribution in [3.63, 3.8) is 0 Å². The highest BCUT2D eigenvalue weighted by atomic mass is 35.5. The molecule has 25 heavy (non-hydrogen) atoms. The molecule has 0 radical (unpaired) electrons. The first-order chi connectivity index (χ1) is 12.2. The van der Waals surface area contributed by atoms with Crippen molar-refractivity contribution in [3.05, 3.63) is 57.6 Å². The maximum Gasteiger partial charge on any atom is 0.137 e. The third-order valence-corrected chi connectivity index (χ3v) is 6.30. The Morgan fingerprint density at radius 3 is 2.68 bits per heavy atom. The lowest BCUT2D eigenvalue weighted by Crippen LogP contribution is -2.29. The Hall–Kier alpha value is -1.62. The topological polar surface area (TPSA) is 25.4 Å². The average Bonchev–Trinajstić information content (AvgIpc) is 3.00. The summed E-state index contributed by atoms with van der Waals surface area (Å²) in [6.45, 7) is 4.36. The van der Waals surface area contributed by atoms with Gasteiger partial charge in [0.2, 0.25) is 0 Å². The van der Waals surface area contributed by atoms with Crippen LogP contribution >= 0.6 is 22.9 Å². The molecule has 0 unspecified atom stereocenters. The molecular weight excluding hydrogens is 352 g/mol. The van der Waals surface area contributed by atoms with Gasteiger partial charge in [-0.15, -0.1) is 11.3 Å². The molecule has 2 aromatic carbocycles. The first-order valence-corrected chi connectivity index (χ1v) is 9.84. The number of fused-ring (bicyclic) bond motifs is 2. The fraction of sp³-hybridized carbons (Fsp3) is 0.350. The van der Waals surface area contributed by atoms with Gasteiger partial charge in [-0.1, -0.05) is 17.7 Å². The zero-order chi connectivity index (χ0) is 17.4. The molecule has 0 spiro atoms. The molecule has 2 heterocycles. The number of thiazole rings is 1. The number of hydrogen-bond donors (Lipinski definition) is 0. The van der Waals surface area contributed by atoms with Crippen molar-refractivity contribution in [2.24, 2.45) is 0 Å². The molecule has 0 saturated heterocycles. The van der Waals surface area contributed by atoms with Crippen LogP contribution in [0.5, 0.6) is 5.75 Å². The quantitative estimate of drug-likeness (QED) is 0.638. The minimum Gasteiger partial charge on any atom is -0.495 e. The van der Waals surface area contributed by atoms with Gasteiger partial charge in [0.1, 0.15) is 5.75 Å². The SMILES string of the molecule is COc1cc2c(cc1Cl)CCN([C@@H](C)c1ccc3scnc3c1)CC2. The Morgan fingerprint density at radius 2 is 1.92 bits per heavy atom. The zero-order valence-corrected chi connectivity index (χ0v) is 16.0. The predicted molar refractivity (Wildman–Crippen MR) is 105 cm³/mol. The Kier molecular flexibility index (Phi) is 4.67. The van der Waals surface area contributed by atoms with Crippen LogP contribution in [-0.2, 0) is 12.8 Å². The van der Waals surface area contributed by atoms with Crippen molar-refractivity contribution in [2.75, 3.05) is 20.2 Å². The van der Waals surface area contributed by atoms with E-state index < -0.39 is 0 Å². The summed E-state index contributed by atoms with van der Waals surface area (Å²) in [5.74, 6) is 0.774. The van der Waals surface area contributed by atoms with Gasteiger partial charge in [0.05, 0.1) is 27.9 Å². The van der Waals surface area contributed by atoms with E-state index in [2.05, 4.69) is 47.1 Å². The number of nitrogens with zero attached hydrogens (tertiary/aromatic N) is 2. The smallest absolute Gasteiger partial charge is 0.137 e. The van der Waals surface area contributed by atoms with Gasteiger partial charge < -0.3 is 4.74 Å². The number of methoxy groups -OCH3 is 1. The van der Waals surface area contributed by atoms with Gasteiger partial charge in [-0.05, 0) is 60.7 Å². The first-order valence-electron chi connectivity index (χ1n) is 8.58. The third kappa shape index (κ3) is 3.26. The van der Waals surface area contributed by atoms with Crippen molar-refractivity contribution >= 4 is 33.2 Å². The average molecular weight is 373 g/mol. The molecule has 130 valence electrons. The summed E-state index contributed by atoms with van der Waals surface area (Å²) in [6, 6.07) is 11.2. The fourth-order valence-corrected chi connectivity index (χ4v) is 4.55. The number of aromatic nitrogens is 1.